The molecular formula is C14H10BrNO2. The number of carbonyl (C=O) groups is 1. The van der Waals surface area contributed by atoms with E-state index < -0.39 is 0 Å². The SMILES string of the molecule is O=C1CC(c2ccccn2)Oc2ccc(Br)cc21. The second-order valence-electron chi connectivity index (χ2n) is 4.13. The van der Waals surface area contributed by atoms with Crippen LogP contribution >= 0.6 is 15.9 Å². The van der Waals surface area contributed by atoms with Gasteiger partial charge in [0.1, 0.15) is 11.9 Å². The van der Waals surface area contributed by atoms with E-state index in [-0.39, 0.29) is 11.9 Å². The van der Waals surface area contributed by atoms with Crippen LogP contribution in [0.1, 0.15) is 28.6 Å². The van der Waals surface area contributed by atoms with Gasteiger partial charge in [-0.25, -0.2) is 0 Å². The predicted molar refractivity (Wildman–Crippen MR) is 70.7 cm³/mol. The van der Waals surface area contributed by atoms with E-state index >= 15 is 0 Å². The Morgan fingerprint density at radius 1 is 1.28 bits per heavy atom. The average molecular weight is 304 g/mol. The number of Topliss-reactive ketones (excluding diaryl/α,β-unsaturated/α-hetero) is 1. The molecule has 2 heterocycles. The largest absolute Gasteiger partial charge is 0.483 e. The van der Waals surface area contributed by atoms with Gasteiger partial charge in [0.15, 0.2) is 5.78 Å². The number of ketones is 1. The summed E-state index contributed by atoms with van der Waals surface area (Å²) in [6.45, 7) is 0. The van der Waals surface area contributed by atoms with Gasteiger partial charge < -0.3 is 4.74 Å². The molecule has 2 aromatic rings. The van der Waals surface area contributed by atoms with Gasteiger partial charge >= 0.3 is 0 Å². The van der Waals surface area contributed by atoms with Crippen molar-refractivity contribution in [3.05, 3.63) is 58.3 Å². The Morgan fingerprint density at radius 3 is 2.94 bits per heavy atom. The van der Waals surface area contributed by atoms with Crippen molar-refractivity contribution < 1.29 is 9.53 Å². The molecule has 0 saturated heterocycles. The van der Waals surface area contributed by atoms with Crippen LogP contribution in [0, 0.1) is 0 Å². The minimum Gasteiger partial charge on any atom is -0.483 e. The maximum atomic E-state index is 12.1. The molecule has 0 spiro atoms. The van der Waals surface area contributed by atoms with Gasteiger partial charge in [0.05, 0.1) is 17.7 Å². The summed E-state index contributed by atoms with van der Waals surface area (Å²) in [5.74, 6) is 0.721. The minimum absolute atomic E-state index is 0.0909. The van der Waals surface area contributed by atoms with Crippen molar-refractivity contribution in [1.29, 1.82) is 0 Å². The van der Waals surface area contributed by atoms with E-state index in [0.717, 1.165) is 10.2 Å². The second kappa shape index (κ2) is 4.53. The molecule has 0 radical (unpaired) electrons. The van der Waals surface area contributed by atoms with Crippen molar-refractivity contribution >= 4 is 21.7 Å². The van der Waals surface area contributed by atoms with Crippen LogP contribution in [0.2, 0.25) is 0 Å². The molecule has 1 aliphatic heterocycles. The van der Waals surface area contributed by atoms with Gasteiger partial charge in [-0.05, 0) is 30.3 Å². The number of hydrogen-bond donors (Lipinski definition) is 0. The van der Waals surface area contributed by atoms with Crippen molar-refractivity contribution in [2.45, 2.75) is 12.5 Å². The summed E-state index contributed by atoms with van der Waals surface area (Å²) in [5, 5.41) is 0. The van der Waals surface area contributed by atoms with Gasteiger partial charge in [0.2, 0.25) is 0 Å². The molecule has 3 nitrogen and oxygen atoms in total. The zero-order valence-electron chi connectivity index (χ0n) is 9.47. The van der Waals surface area contributed by atoms with Crippen molar-refractivity contribution in [2.24, 2.45) is 0 Å². The number of benzene rings is 1. The third kappa shape index (κ3) is 2.04. The van der Waals surface area contributed by atoms with E-state index in [2.05, 4.69) is 20.9 Å². The van der Waals surface area contributed by atoms with E-state index in [1.54, 1.807) is 12.3 Å². The lowest BCUT2D eigenvalue weighted by molar-refractivity contribution is 0.0844. The quantitative estimate of drug-likeness (QED) is 0.809. The van der Waals surface area contributed by atoms with Crippen molar-refractivity contribution in [3.63, 3.8) is 0 Å². The number of carbonyl (C=O) groups excluding carboxylic acids is 1. The minimum atomic E-state index is -0.285. The second-order valence-corrected chi connectivity index (χ2v) is 5.04. The van der Waals surface area contributed by atoms with E-state index in [0.29, 0.717) is 17.7 Å². The number of ether oxygens (including phenoxy) is 1. The number of halogens is 1. The van der Waals surface area contributed by atoms with Gasteiger partial charge in [-0.2, -0.15) is 0 Å². The third-order valence-electron chi connectivity index (χ3n) is 2.90. The van der Waals surface area contributed by atoms with E-state index in [4.69, 9.17) is 4.74 Å². The first-order chi connectivity index (χ1) is 8.74. The Labute approximate surface area is 113 Å². The van der Waals surface area contributed by atoms with Crippen molar-refractivity contribution in [1.82, 2.24) is 4.98 Å². The first-order valence-corrected chi connectivity index (χ1v) is 6.43. The predicted octanol–water partition coefficient (Wildman–Crippen LogP) is 3.55. The summed E-state index contributed by atoms with van der Waals surface area (Å²) in [6, 6.07) is 11.1. The number of nitrogens with zero attached hydrogens (tertiary/aromatic N) is 1. The summed E-state index contributed by atoms with van der Waals surface area (Å²) in [4.78, 5) is 16.3. The highest BCUT2D eigenvalue weighted by Crippen LogP contribution is 2.35. The molecule has 18 heavy (non-hydrogen) atoms. The molecule has 90 valence electrons. The molecular weight excluding hydrogens is 294 g/mol. The van der Waals surface area contributed by atoms with Gasteiger partial charge in [0, 0.05) is 10.7 Å². The fourth-order valence-corrected chi connectivity index (χ4v) is 2.39. The molecule has 4 heteroatoms. The number of fused-ring (bicyclic) bond motifs is 1. The summed E-state index contributed by atoms with van der Waals surface area (Å²) in [6.07, 6.45) is 1.76. The molecule has 1 aromatic heterocycles. The Balaban J connectivity index is 1.97. The molecule has 0 aliphatic carbocycles. The van der Waals surface area contributed by atoms with Gasteiger partial charge in [0.25, 0.3) is 0 Å². The summed E-state index contributed by atoms with van der Waals surface area (Å²) >= 11 is 3.36. The van der Waals surface area contributed by atoms with E-state index in [9.17, 15) is 4.79 Å². The fourth-order valence-electron chi connectivity index (χ4n) is 2.03. The summed E-state index contributed by atoms with van der Waals surface area (Å²) in [7, 11) is 0. The Hall–Kier alpha value is -1.68. The van der Waals surface area contributed by atoms with Crippen LogP contribution < -0.4 is 4.74 Å². The maximum absolute atomic E-state index is 12.1. The molecule has 1 unspecified atom stereocenters. The zero-order valence-corrected chi connectivity index (χ0v) is 11.1. The molecule has 0 N–H and O–H groups in total. The monoisotopic (exact) mass is 303 g/mol. The average Bonchev–Trinajstić information content (AvgIpc) is 2.40. The highest BCUT2D eigenvalue weighted by Gasteiger charge is 2.28. The molecule has 1 aliphatic rings. The van der Waals surface area contributed by atoms with Crippen LogP contribution in [0.25, 0.3) is 0 Å². The lowest BCUT2D eigenvalue weighted by atomic mass is 9.99. The maximum Gasteiger partial charge on any atom is 0.170 e. The first kappa shape index (κ1) is 11.4. The van der Waals surface area contributed by atoms with Gasteiger partial charge in [-0.1, -0.05) is 22.0 Å². The fraction of sp³-hybridized carbons (Fsp3) is 0.143. The van der Waals surface area contributed by atoms with Crippen LogP contribution in [0.4, 0.5) is 0 Å². The van der Waals surface area contributed by atoms with Crippen LogP contribution in [-0.4, -0.2) is 10.8 Å². The number of aromatic nitrogens is 1. The van der Waals surface area contributed by atoms with E-state index in [1.807, 2.05) is 30.3 Å². The Kier molecular flexibility index (Phi) is 2.88. The standard InChI is InChI=1S/C14H10BrNO2/c15-9-4-5-13-10(7-9)12(17)8-14(18-13)11-3-1-2-6-16-11/h1-7,14H,8H2. The highest BCUT2D eigenvalue weighted by molar-refractivity contribution is 9.10. The Bertz CT molecular complexity index is 598. The lowest BCUT2D eigenvalue weighted by Crippen LogP contribution is -2.21. The summed E-state index contributed by atoms with van der Waals surface area (Å²) < 4.78 is 6.72. The first-order valence-electron chi connectivity index (χ1n) is 5.64. The van der Waals surface area contributed by atoms with Crippen LogP contribution in [0.5, 0.6) is 5.75 Å². The highest BCUT2D eigenvalue weighted by atomic mass is 79.9. The smallest absolute Gasteiger partial charge is 0.170 e. The Morgan fingerprint density at radius 2 is 2.17 bits per heavy atom. The third-order valence-corrected chi connectivity index (χ3v) is 3.39. The van der Waals surface area contributed by atoms with Crippen LogP contribution in [-0.2, 0) is 0 Å². The van der Waals surface area contributed by atoms with E-state index in [1.165, 1.54) is 0 Å². The van der Waals surface area contributed by atoms with Crippen molar-refractivity contribution in [3.8, 4) is 5.75 Å². The van der Waals surface area contributed by atoms with Gasteiger partial charge in [-0.3, -0.25) is 9.78 Å². The zero-order chi connectivity index (χ0) is 12.5. The normalized spacial score (nSPS) is 18.1. The lowest BCUT2D eigenvalue weighted by Gasteiger charge is -2.24. The number of hydrogen-bond acceptors (Lipinski definition) is 3. The van der Waals surface area contributed by atoms with Crippen LogP contribution in [0.15, 0.2) is 47.1 Å². The molecule has 0 fully saturated rings. The van der Waals surface area contributed by atoms with Crippen molar-refractivity contribution in [2.75, 3.05) is 0 Å². The molecule has 3 rings (SSSR count). The molecule has 1 aromatic carbocycles. The van der Waals surface area contributed by atoms with Gasteiger partial charge in [-0.15, -0.1) is 0 Å². The number of pyridine rings is 1. The number of rotatable bonds is 1. The molecule has 0 saturated carbocycles. The van der Waals surface area contributed by atoms with Crippen LogP contribution in [0.3, 0.4) is 0 Å². The molecule has 0 bridgehead atoms. The molecule has 1 atom stereocenters. The molecule has 0 amide bonds. The summed E-state index contributed by atoms with van der Waals surface area (Å²) in [5.41, 5.74) is 1.43. The topological polar surface area (TPSA) is 39.2 Å².